The van der Waals surface area contributed by atoms with Crippen LogP contribution in [-0.4, -0.2) is 23.0 Å². The van der Waals surface area contributed by atoms with Crippen LogP contribution >= 0.6 is 11.8 Å². The van der Waals surface area contributed by atoms with Crippen molar-refractivity contribution in [3.63, 3.8) is 0 Å². The molecule has 2 nitrogen and oxygen atoms in total. The lowest BCUT2D eigenvalue weighted by Gasteiger charge is -2.25. The van der Waals surface area contributed by atoms with Gasteiger partial charge in [0.15, 0.2) is 5.17 Å². The molecule has 1 heterocycles. The van der Waals surface area contributed by atoms with Crippen LogP contribution in [0.2, 0.25) is 0 Å². The van der Waals surface area contributed by atoms with Crippen molar-refractivity contribution in [1.29, 1.82) is 0 Å². The van der Waals surface area contributed by atoms with Gasteiger partial charge in [0.25, 0.3) is 0 Å². The lowest BCUT2D eigenvalue weighted by molar-refractivity contribution is 0.407. The Morgan fingerprint density at radius 2 is 2.10 bits per heavy atom. The molecule has 0 bridgehead atoms. The van der Waals surface area contributed by atoms with Crippen molar-refractivity contribution in [3.05, 3.63) is 35.1 Å². The SMILES string of the molecule is CCC1(CC)CSC(=NCCc2ccc(F)cc2C)N1. The maximum absolute atomic E-state index is 13.0. The van der Waals surface area contributed by atoms with Gasteiger partial charge < -0.3 is 5.32 Å². The van der Waals surface area contributed by atoms with E-state index in [1.54, 1.807) is 6.07 Å². The van der Waals surface area contributed by atoms with Crippen LogP contribution in [0.5, 0.6) is 0 Å². The van der Waals surface area contributed by atoms with Gasteiger partial charge in [0, 0.05) is 17.8 Å². The fourth-order valence-electron chi connectivity index (χ4n) is 2.44. The highest BCUT2D eigenvalue weighted by molar-refractivity contribution is 8.14. The average Bonchev–Trinajstić information content (AvgIpc) is 2.86. The highest BCUT2D eigenvalue weighted by Crippen LogP contribution is 2.28. The van der Waals surface area contributed by atoms with Gasteiger partial charge in [-0.2, -0.15) is 0 Å². The van der Waals surface area contributed by atoms with E-state index < -0.39 is 0 Å². The third kappa shape index (κ3) is 3.54. The Balaban J connectivity index is 1.91. The molecule has 4 heteroatoms. The molecule has 1 aliphatic heterocycles. The van der Waals surface area contributed by atoms with E-state index in [2.05, 4.69) is 24.2 Å². The highest BCUT2D eigenvalue weighted by atomic mass is 32.2. The summed E-state index contributed by atoms with van der Waals surface area (Å²) in [4.78, 5) is 4.65. The van der Waals surface area contributed by atoms with Gasteiger partial charge in [-0.15, -0.1) is 0 Å². The zero-order valence-corrected chi connectivity index (χ0v) is 13.3. The predicted octanol–water partition coefficient (Wildman–Crippen LogP) is 3.93. The molecule has 20 heavy (non-hydrogen) atoms. The van der Waals surface area contributed by atoms with Gasteiger partial charge >= 0.3 is 0 Å². The molecular weight excluding hydrogens is 271 g/mol. The summed E-state index contributed by atoms with van der Waals surface area (Å²) >= 11 is 1.82. The summed E-state index contributed by atoms with van der Waals surface area (Å²) in [6.45, 7) is 7.16. The summed E-state index contributed by atoms with van der Waals surface area (Å²) in [5.41, 5.74) is 2.42. The molecule has 1 aromatic rings. The summed E-state index contributed by atoms with van der Waals surface area (Å²) in [6.07, 6.45) is 3.13. The van der Waals surface area contributed by atoms with Crippen LogP contribution in [0.1, 0.15) is 37.8 Å². The molecule has 0 aliphatic carbocycles. The van der Waals surface area contributed by atoms with E-state index in [1.165, 1.54) is 11.6 Å². The molecule has 1 fully saturated rings. The molecule has 0 atom stereocenters. The summed E-state index contributed by atoms with van der Waals surface area (Å²) in [6, 6.07) is 4.98. The molecule has 2 rings (SSSR count). The molecule has 1 aromatic carbocycles. The molecular formula is C16H23FN2S. The summed E-state index contributed by atoms with van der Waals surface area (Å²) in [5, 5.41) is 4.63. The lowest BCUT2D eigenvalue weighted by atomic mass is 9.96. The van der Waals surface area contributed by atoms with Crippen molar-refractivity contribution in [2.24, 2.45) is 4.99 Å². The lowest BCUT2D eigenvalue weighted by Crippen LogP contribution is -2.42. The zero-order valence-electron chi connectivity index (χ0n) is 12.5. The maximum atomic E-state index is 13.0. The van der Waals surface area contributed by atoms with Crippen molar-refractivity contribution >= 4 is 16.9 Å². The Kier molecular flexibility index (Phi) is 5.08. The highest BCUT2D eigenvalue weighted by Gasteiger charge is 2.33. The van der Waals surface area contributed by atoms with E-state index >= 15 is 0 Å². The summed E-state index contributed by atoms with van der Waals surface area (Å²) in [5.74, 6) is 0.940. The van der Waals surface area contributed by atoms with Crippen LogP contribution in [0.4, 0.5) is 4.39 Å². The van der Waals surface area contributed by atoms with Crippen LogP contribution < -0.4 is 5.32 Å². The Morgan fingerprint density at radius 1 is 1.35 bits per heavy atom. The van der Waals surface area contributed by atoms with Crippen LogP contribution in [0.25, 0.3) is 0 Å². The Hall–Kier alpha value is -1.03. The first-order valence-electron chi connectivity index (χ1n) is 7.29. The standard InChI is InChI=1S/C16H23FN2S/c1-4-16(5-2)11-20-15(19-16)18-9-8-13-6-7-14(17)10-12(13)3/h6-7,10H,4-5,8-9,11H2,1-3H3,(H,18,19). The van der Waals surface area contributed by atoms with Crippen LogP contribution in [0.3, 0.4) is 0 Å². The number of benzene rings is 1. The second-order valence-corrected chi connectivity index (χ2v) is 6.37. The van der Waals surface area contributed by atoms with Gasteiger partial charge in [-0.25, -0.2) is 4.39 Å². The Labute approximate surface area is 125 Å². The molecule has 0 spiro atoms. The quantitative estimate of drug-likeness (QED) is 0.890. The average molecular weight is 294 g/mol. The van der Waals surface area contributed by atoms with Gasteiger partial charge in [0.2, 0.25) is 0 Å². The topological polar surface area (TPSA) is 24.4 Å². The number of aliphatic imine (C=N–C) groups is 1. The minimum atomic E-state index is -0.166. The third-order valence-electron chi connectivity index (χ3n) is 4.15. The number of nitrogens with zero attached hydrogens (tertiary/aromatic N) is 1. The number of aryl methyl sites for hydroxylation is 1. The number of amidine groups is 1. The van der Waals surface area contributed by atoms with Crippen LogP contribution in [-0.2, 0) is 6.42 Å². The van der Waals surface area contributed by atoms with Gasteiger partial charge in [-0.3, -0.25) is 4.99 Å². The van der Waals surface area contributed by atoms with E-state index in [-0.39, 0.29) is 11.4 Å². The maximum Gasteiger partial charge on any atom is 0.157 e. The smallest absolute Gasteiger partial charge is 0.157 e. The summed E-state index contributed by atoms with van der Waals surface area (Å²) < 4.78 is 13.0. The van der Waals surface area contributed by atoms with Gasteiger partial charge in [-0.1, -0.05) is 31.7 Å². The second-order valence-electron chi connectivity index (χ2n) is 5.41. The Bertz CT molecular complexity index is 495. The first kappa shape index (κ1) is 15.4. The third-order valence-corrected chi connectivity index (χ3v) is 5.35. The number of hydrogen-bond donors (Lipinski definition) is 1. The molecule has 0 saturated carbocycles. The minimum Gasteiger partial charge on any atom is -0.359 e. The van der Waals surface area contributed by atoms with Crippen LogP contribution in [0, 0.1) is 12.7 Å². The number of hydrogen-bond acceptors (Lipinski definition) is 2. The Morgan fingerprint density at radius 3 is 2.70 bits per heavy atom. The molecule has 0 unspecified atom stereocenters. The molecule has 0 radical (unpaired) electrons. The van der Waals surface area contributed by atoms with Crippen molar-refractivity contribution < 1.29 is 4.39 Å². The first-order chi connectivity index (χ1) is 9.58. The summed E-state index contributed by atoms with van der Waals surface area (Å²) in [7, 11) is 0. The van der Waals surface area contributed by atoms with E-state index in [4.69, 9.17) is 0 Å². The number of thioether (sulfide) groups is 1. The number of rotatable bonds is 5. The monoisotopic (exact) mass is 294 g/mol. The molecule has 0 aromatic heterocycles. The van der Waals surface area contributed by atoms with E-state index in [1.807, 2.05) is 24.8 Å². The second kappa shape index (κ2) is 6.61. The van der Waals surface area contributed by atoms with Crippen molar-refractivity contribution in [1.82, 2.24) is 5.32 Å². The van der Waals surface area contributed by atoms with Crippen molar-refractivity contribution in [3.8, 4) is 0 Å². The predicted molar refractivity (Wildman–Crippen MR) is 86.0 cm³/mol. The van der Waals surface area contributed by atoms with Crippen LogP contribution in [0.15, 0.2) is 23.2 Å². The molecule has 1 N–H and O–H groups in total. The largest absolute Gasteiger partial charge is 0.359 e. The van der Waals surface area contributed by atoms with Gasteiger partial charge in [-0.05, 0) is 49.4 Å². The van der Waals surface area contributed by atoms with E-state index in [0.717, 1.165) is 42.3 Å². The fourth-order valence-corrected chi connectivity index (χ4v) is 3.80. The normalized spacial score (nSPS) is 19.3. The van der Waals surface area contributed by atoms with Gasteiger partial charge in [0.05, 0.1) is 0 Å². The number of halogens is 1. The fraction of sp³-hybridized carbons (Fsp3) is 0.562. The molecule has 0 amide bonds. The van der Waals surface area contributed by atoms with E-state index in [0.29, 0.717) is 0 Å². The zero-order chi connectivity index (χ0) is 14.6. The van der Waals surface area contributed by atoms with Gasteiger partial charge in [0.1, 0.15) is 5.82 Å². The molecule has 1 saturated heterocycles. The number of nitrogens with one attached hydrogen (secondary N) is 1. The van der Waals surface area contributed by atoms with Crippen molar-refractivity contribution in [2.75, 3.05) is 12.3 Å². The van der Waals surface area contributed by atoms with Crippen molar-refractivity contribution in [2.45, 2.75) is 45.6 Å². The first-order valence-corrected chi connectivity index (χ1v) is 8.27. The van der Waals surface area contributed by atoms with E-state index in [9.17, 15) is 4.39 Å². The molecule has 1 aliphatic rings. The minimum absolute atomic E-state index is 0.166. The molecule has 110 valence electrons.